The van der Waals surface area contributed by atoms with Gasteiger partial charge in [0.15, 0.2) is 0 Å². The molecule has 0 bridgehead atoms. The van der Waals surface area contributed by atoms with Gasteiger partial charge in [-0.25, -0.2) is 0 Å². The normalized spacial score (nSPS) is 10.2. The van der Waals surface area contributed by atoms with Crippen molar-refractivity contribution in [2.24, 2.45) is 0 Å². The molecule has 1 N–H and O–H groups in total. The van der Waals surface area contributed by atoms with Crippen molar-refractivity contribution in [2.75, 3.05) is 7.11 Å². The molecular formula is C15H16O2. The fraction of sp³-hybridized carbons (Fsp3) is 0.200. The van der Waals surface area contributed by atoms with Crippen LogP contribution in [0, 0.1) is 0 Å². The van der Waals surface area contributed by atoms with E-state index in [4.69, 9.17) is 4.74 Å². The largest absolute Gasteiger partial charge is 0.508 e. The third-order valence-electron chi connectivity index (χ3n) is 2.80. The summed E-state index contributed by atoms with van der Waals surface area (Å²) in [5.74, 6) is 1.21. The Hall–Kier alpha value is -1.96. The van der Waals surface area contributed by atoms with Crippen molar-refractivity contribution >= 4 is 0 Å². The summed E-state index contributed by atoms with van der Waals surface area (Å²) in [6, 6.07) is 15.5. The van der Waals surface area contributed by atoms with Crippen molar-refractivity contribution < 1.29 is 9.84 Å². The number of phenolic OH excluding ortho intramolecular Hbond substituents is 1. The third kappa shape index (κ3) is 3.25. The van der Waals surface area contributed by atoms with Crippen LogP contribution in [-0.4, -0.2) is 12.2 Å². The second kappa shape index (κ2) is 5.39. The lowest BCUT2D eigenvalue weighted by atomic mass is 10.0. The van der Waals surface area contributed by atoms with Crippen LogP contribution < -0.4 is 4.74 Å². The number of hydrogen-bond donors (Lipinski definition) is 1. The molecule has 0 heterocycles. The van der Waals surface area contributed by atoms with E-state index >= 15 is 0 Å². The predicted molar refractivity (Wildman–Crippen MR) is 68.5 cm³/mol. The molecule has 0 amide bonds. The number of ether oxygens (including phenoxy) is 1. The van der Waals surface area contributed by atoms with E-state index in [2.05, 4.69) is 12.1 Å². The molecule has 2 rings (SSSR count). The van der Waals surface area contributed by atoms with Crippen molar-refractivity contribution in [1.82, 2.24) is 0 Å². The van der Waals surface area contributed by atoms with Gasteiger partial charge in [-0.2, -0.15) is 0 Å². The van der Waals surface area contributed by atoms with Crippen molar-refractivity contribution in [2.45, 2.75) is 12.8 Å². The Morgan fingerprint density at radius 3 is 1.76 bits per heavy atom. The van der Waals surface area contributed by atoms with E-state index in [1.165, 1.54) is 11.1 Å². The minimum atomic E-state index is 0.318. The van der Waals surface area contributed by atoms with Gasteiger partial charge in [0.05, 0.1) is 7.11 Å². The zero-order valence-electron chi connectivity index (χ0n) is 9.89. The summed E-state index contributed by atoms with van der Waals surface area (Å²) in [5, 5.41) is 9.19. The van der Waals surface area contributed by atoms with Crippen LogP contribution in [0.1, 0.15) is 11.1 Å². The molecule has 0 saturated carbocycles. The highest BCUT2D eigenvalue weighted by molar-refractivity contribution is 5.29. The maximum Gasteiger partial charge on any atom is 0.118 e. The maximum absolute atomic E-state index is 9.19. The summed E-state index contributed by atoms with van der Waals surface area (Å²) < 4.78 is 5.12. The first kappa shape index (κ1) is 11.5. The lowest BCUT2D eigenvalue weighted by molar-refractivity contribution is 0.414. The Balaban J connectivity index is 1.95. The highest BCUT2D eigenvalue weighted by atomic mass is 16.5. The monoisotopic (exact) mass is 228 g/mol. The second-order valence-corrected chi connectivity index (χ2v) is 4.01. The van der Waals surface area contributed by atoms with Crippen molar-refractivity contribution in [3.05, 3.63) is 59.7 Å². The van der Waals surface area contributed by atoms with Gasteiger partial charge < -0.3 is 9.84 Å². The van der Waals surface area contributed by atoms with Crippen molar-refractivity contribution in [3.63, 3.8) is 0 Å². The summed E-state index contributed by atoms with van der Waals surface area (Å²) in [5.41, 5.74) is 2.53. The molecule has 17 heavy (non-hydrogen) atoms. The lowest BCUT2D eigenvalue weighted by Gasteiger charge is -2.04. The third-order valence-corrected chi connectivity index (χ3v) is 2.80. The smallest absolute Gasteiger partial charge is 0.118 e. The van der Waals surface area contributed by atoms with Gasteiger partial charge >= 0.3 is 0 Å². The van der Waals surface area contributed by atoms with Gasteiger partial charge in [-0.05, 0) is 48.2 Å². The van der Waals surface area contributed by atoms with E-state index in [0.717, 1.165) is 18.6 Å². The molecule has 0 atom stereocenters. The topological polar surface area (TPSA) is 29.5 Å². The quantitative estimate of drug-likeness (QED) is 0.870. The van der Waals surface area contributed by atoms with E-state index in [1.807, 2.05) is 24.3 Å². The lowest BCUT2D eigenvalue weighted by Crippen LogP contribution is -1.91. The van der Waals surface area contributed by atoms with Crippen LogP contribution >= 0.6 is 0 Å². The zero-order chi connectivity index (χ0) is 12.1. The van der Waals surface area contributed by atoms with Gasteiger partial charge in [0, 0.05) is 0 Å². The van der Waals surface area contributed by atoms with E-state index in [0.29, 0.717) is 5.75 Å². The Labute approximate surface area is 101 Å². The van der Waals surface area contributed by atoms with Gasteiger partial charge in [-0.3, -0.25) is 0 Å². The Kier molecular flexibility index (Phi) is 3.66. The number of aryl methyl sites for hydroxylation is 2. The molecule has 0 aromatic heterocycles. The summed E-state index contributed by atoms with van der Waals surface area (Å²) in [6.45, 7) is 0. The van der Waals surface area contributed by atoms with Crippen LogP contribution in [0.4, 0.5) is 0 Å². The summed E-state index contributed by atoms with van der Waals surface area (Å²) in [6.07, 6.45) is 1.97. The van der Waals surface area contributed by atoms with Gasteiger partial charge in [-0.1, -0.05) is 24.3 Å². The van der Waals surface area contributed by atoms with Crippen LogP contribution in [0.2, 0.25) is 0 Å². The van der Waals surface area contributed by atoms with Gasteiger partial charge in [0.2, 0.25) is 0 Å². The SMILES string of the molecule is COc1ccc(CCc2ccc(O)cc2)cc1. The summed E-state index contributed by atoms with van der Waals surface area (Å²) in [4.78, 5) is 0. The first-order valence-electron chi connectivity index (χ1n) is 5.69. The molecule has 0 unspecified atom stereocenters. The molecule has 0 aliphatic heterocycles. The van der Waals surface area contributed by atoms with Crippen LogP contribution in [0.5, 0.6) is 11.5 Å². The molecule has 2 heteroatoms. The van der Waals surface area contributed by atoms with Gasteiger partial charge in [0.1, 0.15) is 11.5 Å². The molecule has 2 nitrogen and oxygen atoms in total. The zero-order valence-corrected chi connectivity index (χ0v) is 9.89. The number of aromatic hydroxyl groups is 1. The molecule has 0 spiro atoms. The standard InChI is InChI=1S/C15H16O2/c1-17-15-10-6-13(7-11-15)3-2-12-4-8-14(16)9-5-12/h4-11,16H,2-3H2,1H3. The highest BCUT2D eigenvalue weighted by Crippen LogP contribution is 2.15. The minimum Gasteiger partial charge on any atom is -0.508 e. The predicted octanol–water partition coefficient (Wildman–Crippen LogP) is 3.19. The summed E-state index contributed by atoms with van der Waals surface area (Å²) in [7, 11) is 1.67. The molecule has 2 aromatic rings. The van der Waals surface area contributed by atoms with Gasteiger partial charge in [0.25, 0.3) is 0 Å². The molecule has 2 aromatic carbocycles. The second-order valence-electron chi connectivity index (χ2n) is 4.01. The molecule has 0 aliphatic rings. The van der Waals surface area contributed by atoms with Crippen LogP contribution in [0.3, 0.4) is 0 Å². The first-order chi connectivity index (χ1) is 8.28. The molecule has 0 radical (unpaired) electrons. The number of benzene rings is 2. The Morgan fingerprint density at radius 2 is 1.29 bits per heavy atom. The van der Waals surface area contributed by atoms with E-state index in [1.54, 1.807) is 19.2 Å². The average molecular weight is 228 g/mol. The minimum absolute atomic E-state index is 0.318. The van der Waals surface area contributed by atoms with Crippen LogP contribution in [-0.2, 0) is 12.8 Å². The van der Waals surface area contributed by atoms with Crippen LogP contribution in [0.25, 0.3) is 0 Å². The van der Waals surface area contributed by atoms with E-state index in [9.17, 15) is 5.11 Å². The number of rotatable bonds is 4. The van der Waals surface area contributed by atoms with E-state index in [-0.39, 0.29) is 0 Å². The molecule has 88 valence electrons. The highest BCUT2D eigenvalue weighted by Gasteiger charge is 1.97. The molecule has 0 saturated heterocycles. The molecule has 0 fully saturated rings. The molecule has 0 aliphatic carbocycles. The maximum atomic E-state index is 9.19. The van der Waals surface area contributed by atoms with Crippen LogP contribution in [0.15, 0.2) is 48.5 Å². The van der Waals surface area contributed by atoms with Crippen molar-refractivity contribution in [3.8, 4) is 11.5 Å². The number of phenols is 1. The fourth-order valence-corrected chi connectivity index (χ4v) is 1.74. The van der Waals surface area contributed by atoms with Gasteiger partial charge in [-0.15, -0.1) is 0 Å². The number of hydrogen-bond acceptors (Lipinski definition) is 2. The van der Waals surface area contributed by atoms with E-state index < -0.39 is 0 Å². The average Bonchev–Trinajstić information content (AvgIpc) is 2.39. The Morgan fingerprint density at radius 1 is 0.824 bits per heavy atom. The Bertz CT molecular complexity index is 457. The van der Waals surface area contributed by atoms with Crippen molar-refractivity contribution in [1.29, 1.82) is 0 Å². The fourth-order valence-electron chi connectivity index (χ4n) is 1.74. The first-order valence-corrected chi connectivity index (χ1v) is 5.69. The summed E-state index contributed by atoms with van der Waals surface area (Å²) >= 11 is 0. The number of methoxy groups -OCH3 is 1. The molecular weight excluding hydrogens is 212 g/mol.